The number of amides is 1. The number of carbonyl (C=O) groups excluding carboxylic acids is 1. The number of anilines is 2. The quantitative estimate of drug-likeness (QED) is 0.709. The number of nitrogens with one attached hydrogen (secondary N) is 1. The molecule has 1 N–H and O–H groups in total. The summed E-state index contributed by atoms with van der Waals surface area (Å²) < 4.78 is 39.5. The van der Waals surface area contributed by atoms with E-state index < -0.39 is 15.9 Å². The van der Waals surface area contributed by atoms with Gasteiger partial charge in [-0.15, -0.1) is 0 Å². The second-order valence-electron chi connectivity index (χ2n) is 8.09. The van der Waals surface area contributed by atoms with Gasteiger partial charge < -0.3 is 19.7 Å². The van der Waals surface area contributed by atoms with Crippen molar-refractivity contribution in [2.75, 3.05) is 50.6 Å². The van der Waals surface area contributed by atoms with Crippen molar-refractivity contribution in [3.05, 3.63) is 42.0 Å². The summed E-state index contributed by atoms with van der Waals surface area (Å²) in [6, 6.07) is 10.3. The standard InChI is InChI=1S/C23H29N3O5S/c1-25(13-14-30-2)32(28,29)22-15-17-21(16-19(22)26-11-7-3-4-8-12-26)31-20-10-6-5-9-18(20)24-23(17)27/h5-6,9-10,15-16H,3-4,7-8,11-14H2,1-2H3,(H,24,27). The highest BCUT2D eigenvalue weighted by molar-refractivity contribution is 7.89. The number of ether oxygens (including phenoxy) is 2. The lowest BCUT2D eigenvalue weighted by molar-refractivity contribution is 0.102. The van der Waals surface area contributed by atoms with Crippen LogP contribution in [0.1, 0.15) is 36.0 Å². The van der Waals surface area contributed by atoms with Crippen molar-refractivity contribution in [3.8, 4) is 11.5 Å². The number of rotatable bonds is 6. The van der Waals surface area contributed by atoms with Crippen LogP contribution in [0.5, 0.6) is 11.5 Å². The molecule has 4 rings (SSSR count). The molecule has 0 aromatic heterocycles. The molecule has 8 nitrogen and oxygen atoms in total. The van der Waals surface area contributed by atoms with E-state index in [-0.39, 0.29) is 23.6 Å². The van der Waals surface area contributed by atoms with Gasteiger partial charge in [0.1, 0.15) is 10.6 Å². The van der Waals surface area contributed by atoms with Crippen molar-refractivity contribution in [1.29, 1.82) is 0 Å². The van der Waals surface area contributed by atoms with Gasteiger partial charge in [0.05, 0.1) is 23.5 Å². The van der Waals surface area contributed by atoms with Crippen molar-refractivity contribution in [3.63, 3.8) is 0 Å². The largest absolute Gasteiger partial charge is 0.454 e. The van der Waals surface area contributed by atoms with Crippen molar-refractivity contribution < 1.29 is 22.7 Å². The van der Waals surface area contributed by atoms with Crippen molar-refractivity contribution >= 4 is 27.3 Å². The van der Waals surface area contributed by atoms with Crippen LogP contribution in [0.25, 0.3) is 0 Å². The Kier molecular flexibility index (Phi) is 6.68. The maximum atomic E-state index is 13.6. The van der Waals surface area contributed by atoms with E-state index in [1.807, 2.05) is 12.1 Å². The van der Waals surface area contributed by atoms with Gasteiger partial charge in [0.25, 0.3) is 5.91 Å². The normalized spacial score (nSPS) is 16.5. The predicted octanol–water partition coefficient (Wildman–Crippen LogP) is 3.69. The van der Waals surface area contributed by atoms with Gasteiger partial charge in [0.2, 0.25) is 10.0 Å². The molecule has 2 aromatic rings. The maximum Gasteiger partial charge on any atom is 0.259 e. The summed E-state index contributed by atoms with van der Waals surface area (Å²) in [5.41, 5.74) is 1.31. The third kappa shape index (κ3) is 4.46. The number of sulfonamides is 1. The summed E-state index contributed by atoms with van der Waals surface area (Å²) in [7, 11) is -0.804. The molecule has 0 radical (unpaired) electrons. The molecule has 0 atom stereocenters. The highest BCUT2D eigenvalue weighted by Gasteiger charge is 2.31. The maximum absolute atomic E-state index is 13.6. The van der Waals surface area contributed by atoms with E-state index in [2.05, 4.69) is 10.2 Å². The SMILES string of the molecule is COCCN(C)S(=O)(=O)c1cc2c(cc1N1CCCCCC1)Oc1ccccc1NC2=O. The minimum atomic E-state index is -3.86. The van der Waals surface area contributed by atoms with Gasteiger partial charge in [-0.1, -0.05) is 25.0 Å². The van der Waals surface area contributed by atoms with E-state index in [0.717, 1.165) is 38.8 Å². The Morgan fingerprint density at radius 1 is 1.09 bits per heavy atom. The smallest absolute Gasteiger partial charge is 0.259 e. The topological polar surface area (TPSA) is 88.2 Å². The summed E-state index contributed by atoms with van der Waals surface area (Å²) in [4.78, 5) is 15.2. The van der Waals surface area contributed by atoms with Gasteiger partial charge >= 0.3 is 0 Å². The molecule has 2 aliphatic heterocycles. The molecule has 9 heteroatoms. The Morgan fingerprint density at radius 2 is 1.81 bits per heavy atom. The zero-order valence-electron chi connectivity index (χ0n) is 18.5. The first kappa shape index (κ1) is 22.6. The molecule has 32 heavy (non-hydrogen) atoms. The van der Waals surface area contributed by atoms with E-state index in [1.165, 1.54) is 24.5 Å². The number of hydrogen-bond acceptors (Lipinski definition) is 6. The number of fused-ring (bicyclic) bond motifs is 2. The van der Waals surface area contributed by atoms with Gasteiger partial charge in [0, 0.05) is 39.9 Å². The Labute approximate surface area is 189 Å². The molecule has 0 aliphatic carbocycles. The van der Waals surface area contributed by atoms with Crippen LogP contribution in [0, 0.1) is 0 Å². The second-order valence-corrected chi connectivity index (χ2v) is 10.1. The minimum Gasteiger partial charge on any atom is -0.454 e. The molecular formula is C23H29N3O5S. The van der Waals surface area contributed by atoms with Crippen LogP contribution in [0.4, 0.5) is 11.4 Å². The van der Waals surface area contributed by atoms with Gasteiger partial charge in [-0.05, 0) is 31.0 Å². The lowest BCUT2D eigenvalue weighted by atomic mass is 10.1. The van der Waals surface area contributed by atoms with Gasteiger partial charge in [-0.2, -0.15) is 4.31 Å². The Morgan fingerprint density at radius 3 is 2.53 bits per heavy atom. The number of hydrogen-bond donors (Lipinski definition) is 1. The van der Waals surface area contributed by atoms with Gasteiger partial charge in [-0.3, -0.25) is 4.79 Å². The van der Waals surface area contributed by atoms with Crippen LogP contribution < -0.4 is 15.0 Å². The van der Waals surface area contributed by atoms with Crippen LogP contribution in [-0.2, 0) is 14.8 Å². The molecule has 1 saturated heterocycles. The summed E-state index contributed by atoms with van der Waals surface area (Å²) in [5.74, 6) is 0.475. The third-order valence-electron chi connectivity index (χ3n) is 5.91. The number of nitrogens with zero attached hydrogens (tertiary/aromatic N) is 2. The fourth-order valence-electron chi connectivity index (χ4n) is 4.05. The highest BCUT2D eigenvalue weighted by Crippen LogP contribution is 2.41. The van der Waals surface area contributed by atoms with Crippen LogP contribution in [0.15, 0.2) is 41.3 Å². The average Bonchev–Trinajstić information content (AvgIpc) is 3.14. The average molecular weight is 460 g/mol. The monoisotopic (exact) mass is 459 g/mol. The van der Waals surface area contributed by atoms with Gasteiger partial charge in [-0.25, -0.2) is 8.42 Å². The van der Waals surface area contributed by atoms with E-state index in [0.29, 0.717) is 22.9 Å². The van der Waals surface area contributed by atoms with Crippen molar-refractivity contribution in [2.24, 2.45) is 0 Å². The molecule has 0 bridgehead atoms. The Bertz CT molecular complexity index is 1090. The first-order valence-electron chi connectivity index (χ1n) is 10.9. The molecule has 2 aliphatic rings. The summed E-state index contributed by atoms with van der Waals surface area (Å²) in [6.45, 7) is 2.00. The first-order chi connectivity index (χ1) is 15.4. The number of carbonyl (C=O) groups is 1. The van der Waals surface area contributed by atoms with Crippen molar-refractivity contribution in [2.45, 2.75) is 30.6 Å². The van der Waals surface area contributed by atoms with Crippen LogP contribution in [0.3, 0.4) is 0 Å². The lowest BCUT2D eigenvalue weighted by Crippen LogP contribution is -2.33. The molecule has 172 valence electrons. The third-order valence-corrected chi connectivity index (χ3v) is 7.79. The molecule has 0 saturated carbocycles. The fourth-order valence-corrected chi connectivity index (χ4v) is 5.42. The molecule has 0 spiro atoms. The Balaban J connectivity index is 1.85. The first-order valence-corrected chi connectivity index (χ1v) is 12.3. The molecule has 1 fully saturated rings. The van der Waals surface area contributed by atoms with Gasteiger partial charge in [0.15, 0.2) is 5.75 Å². The van der Waals surface area contributed by atoms with Crippen molar-refractivity contribution in [1.82, 2.24) is 4.31 Å². The summed E-state index contributed by atoms with van der Waals surface area (Å²) >= 11 is 0. The highest BCUT2D eigenvalue weighted by atomic mass is 32.2. The van der Waals surface area contributed by atoms with Crippen LogP contribution >= 0.6 is 0 Å². The molecule has 0 unspecified atom stereocenters. The second kappa shape index (κ2) is 9.48. The Hall–Kier alpha value is -2.62. The van der Waals surface area contributed by atoms with E-state index in [4.69, 9.17) is 9.47 Å². The van der Waals surface area contributed by atoms with Crippen LogP contribution in [-0.4, -0.2) is 59.0 Å². The molecule has 2 heterocycles. The minimum absolute atomic E-state index is 0.112. The molecular weight excluding hydrogens is 430 g/mol. The molecule has 2 aromatic carbocycles. The predicted molar refractivity (Wildman–Crippen MR) is 123 cm³/mol. The zero-order chi connectivity index (χ0) is 22.7. The number of methoxy groups -OCH3 is 1. The lowest BCUT2D eigenvalue weighted by Gasteiger charge is -2.28. The number of benzene rings is 2. The summed E-state index contributed by atoms with van der Waals surface area (Å²) in [5, 5.41) is 2.82. The molecule has 1 amide bonds. The van der Waals surface area contributed by atoms with E-state index in [9.17, 15) is 13.2 Å². The number of para-hydroxylation sites is 2. The van der Waals surface area contributed by atoms with E-state index >= 15 is 0 Å². The zero-order valence-corrected chi connectivity index (χ0v) is 19.3. The fraction of sp³-hybridized carbons (Fsp3) is 0.435. The van der Waals surface area contributed by atoms with E-state index in [1.54, 1.807) is 18.2 Å². The van der Waals surface area contributed by atoms with Crippen LogP contribution in [0.2, 0.25) is 0 Å². The number of likely N-dealkylation sites (N-methyl/N-ethyl adjacent to an activating group) is 1. The summed E-state index contributed by atoms with van der Waals surface area (Å²) in [6.07, 6.45) is 4.20.